The Morgan fingerprint density at radius 1 is 1.35 bits per heavy atom. The molecule has 1 aromatic carbocycles. The Morgan fingerprint density at radius 2 is 2.29 bits per heavy atom. The molecule has 2 aliphatic heterocycles. The van der Waals surface area contributed by atoms with Crippen LogP contribution in [0.5, 0.6) is 0 Å². The number of anilines is 1. The number of hydrogen-bond acceptors (Lipinski definition) is 3. The van der Waals surface area contributed by atoms with Gasteiger partial charge in [-0.3, -0.25) is 4.90 Å². The first-order valence-corrected chi connectivity index (χ1v) is 6.49. The van der Waals surface area contributed by atoms with Gasteiger partial charge in [0.15, 0.2) is 0 Å². The highest BCUT2D eigenvalue weighted by Crippen LogP contribution is 2.28. The molecule has 2 N–H and O–H groups in total. The van der Waals surface area contributed by atoms with E-state index < -0.39 is 0 Å². The summed E-state index contributed by atoms with van der Waals surface area (Å²) in [5.74, 6) is 0.774. The zero-order valence-corrected chi connectivity index (χ0v) is 10.2. The standard InChI is InChI=1S/C14H20N2O/c15-14-3-1-2-12-8-16(9-13(12)14)6-4-11-5-7-17-10-11/h1-3,11H,4-10,15H2. The summed E-state index contributed by atoms with van der Waals surface area (Å²) in [6.45, 7) is 5.17. The maximum Gasteiger partial charge on any atom is 0.0495 e. The summed E-state index contributed by atoms with van der Waals surface area (Å²) >= 11 is 0. The van der Waals surface area contributed by atoms with Crippen LogP contribution in [0, 0.1) is 5.92 Å². The number of fused-ring (bicyclic) bond motifs is 1. The normalized spacial score (nSPS) is 24.1. The van der Waals surface area contributed by atoms with Crippen molar-refractivity contribution in [1.82, 2.24) is 4.90 Å². The van der Waals surface area contributed by atoms with Gasteiger partial charge in [-0.2, -0.15) is 0 Å². The second kappa shape index (κ2) is 4.67. The van der Waals surface area contributed by atoms with Crippen LogP contribution in [0.25, 0.3) is 0 Å². The van der Waals surface area contributed by atoms with Gasteiger partial charge in [-0.1, -0.05) is 12.1 Å². The van der Waals surface area contributed by atoms with Crippen molar-refractivity contribution in [3.63, 3.8) is 0 Å². The van der Waals surface area contributed by atoms with Crippen LogP contribution in [0.1, 0.15) is 24.0 Å². The van der Waals surface area contributed by atoms with Crippen LogP contribution in [0.2, 0.25) is 0 Å². The van der Waals surface area contributed by atoms with Gasteiger partial charge in [-0.05, 0) is 42.5 Å². The highest BCUT2D eigenvalue weighted by atomic mass is 16.5. The van der Waals surface area contributed by atoms with Crippen molar-refractivity contribution in [3.05, 3.63) is 29.3 Å². The Hall–Kier alpha value is -1.06. The minimum Gasteiger partial charge on any atom is -0.398 e. The molecule has 0 aliphatic carbocycles. The van der Waals surface area contributed by atoms with Gasteiger partial charge in [-0.25, -0.2) is 0 Å². The average Bonchev–Trinajstić information content (AvgIpc) is 2.95. The number of ether oxygens (including phenoxy) is 1. The van der Waals surface area contributed by atoms with E-state index in [-0.39, 0.29) is 0 Å². The summed E-state index contributed by atoms with van der Waals surface area (Å²) in [5, 5.41) is 0. The molecule has 3 rings (SSSR count). The fourth-order valence-electron chi connectivity index (χ4n) is 2.85. The summed E-state index contributed by atoms with van der Waals surface area (Å²) in [6.07, 6.45) is 2.50. The molecule has 0 saturated carbocycles. The summed E-state index contributed by atoms with van der Waals surface area (Å²) in [4.78, 5) is 2.50. The van der Waals surface area contributed by atoms with E-state index in [4.69, 9.17) is 10.5 Å². The molecule has 92 valence electrons. The van der Waals surface area contributed by atoms with Crippen molar-refractivity contribution in [2.24, 2.45) is 5.92 Å². The average molecular weight is 232 g/mol. The van der Waals surface area contributed by atoms with Gasteiger partial charge in [0.25, 0.3) is 0 Å². The zero-order valence-electron chi connectivity index (χ0n) is 10.2. The predicted octanol–water partition coefficient (Wildman–Crippen LogP) is 2.01. The first-order valence-electron chi connectivity index (χ1n) is 6.49. The molecule has 0 amide bonds. The molecule has 0 aromatic heterocycles. The minimum absolute atomic E-state index is 0.774. The SMILES string of the molecule is Nc1cccc2c1CN(CCC1CCOC1)C2. The van der Waals surface area contributed by atoms with Crippen LogP contribution < -0.4 is 5.73 Å². The summed E-state index contributed by atoms with van der Waals surface area (Å²) in [7, 11) is 0. The highest BCUT2D eigenvalue weighted by molar-refractivity contribution is 5.52. The van der Waals surface area contributed by atoms with Crippen molar-refractivity contribution in [2.45, 2.75) is 25.9 Å². The van der Waals surface area contributed by atoms with Crippen molar-refractivity contribution in [2.75, 3.05) is 25.5 Å². The maximum absolute atomic E-state index is 6.01. The monoisotopic (exact) mass is 232 g/mol. The van der Waals surface area contributed by atoms with Crippen LogP contribution in [-0.2, 0) is 17.8 Å². The lowest BCUT2D eigenvalue weighted by Crippen LogP contribution is -2.20. The Labute approximate surface area is 103 Å². The molecule has 3 nitrogen and oxygen atoms in total. The largest absolute Gasteiger partial charge is 0.398 e. The number of nitrogen functional groups attached to an aromatic ring is 1. The summed E-state index contributed by atoms with van der Waals surface area (Å²) in [6, 6.07) is 6.26. The molecular weight excluding hydrogens is 212 g/mol. The molecule has 1 aromatic rings. The molecule has 2 heterocycles. The molecule has 3 heteroatoms. The second-order valence-corrected chi connectivity index (χ2v) is 5.21. The Morgan fingerprint density at radius 3 is 3.06 bits per heavy atom. The zero-order chi connectivity index (χ0) is 11.7. The molecule has 0 bridgehead atoms. The molecule has 2 aliphatic rings. The van der Waals surface area contributed by atoms with E-state index in [0.29, 0.717) is 0 Å². The fourth-order valence-corrected chi connectivity index (χ4v) is 2.85. The molecule has 0 spiro atoms. The van der Waals surface area contributed by atoms with E-state index >= 15 is 0 Å². The van der Waals surface area contributed by atoms with Crippen LogP contribution in [0.15, 0.2) is 18.2 Å². The molecule has 17 heavy (non-hydrogen) atoms. The van der Waals surface area contributed by atoms with Crippen LogP contribution in [0.4, 0.5) is 5.69 Å². The number of nitrogens with two attached hydrogens (primary N) is 1. The smallest absolute Gasteiger partial charge is 0.0495 e. The molecule has 1 atom stereocenters. The van der Waals surface area contributed by atoms with Crippen molar-refractivity contribution < 1.29 is 4.74 Å². The lowest BCUT2D eigenvalue weighted by Gasteiger charge is -2.16. The summed E-state index contributed by atoms with van der Waals surface area (Å²) in [5.41, 5.74) is 9.71. The van der Waals surface area contributed by atoms with E-state index in [2.05, 4.69) is 17.0 Å². The Bertz CT molecular complexity index is 399. The van der Waals surface area contributed by atoms with E-state index in [0.717, 1.165) is 37.9 Å². The van der Waals surface area contributed by atoms with Gasteiger partial charge in [0.2, 0.25) is 0 Å². The van der Waals surface area contributed by atoms with Crippen LogP contribution in [-0.4, -0.2) is 24.7 Å². The highest BCUT2D eigenvalue weighted by Gasteiger charge is 2.22. The van der Waals surface area contributed by atoms with Crippen LogP contribution in [0.3, 0.4) is 0 Å². The number of hydrogen-bond donors (Lipinski definition) is 1. The first-order chi connectivity index (χ1) is 8.33. The molecule has 1 unspecified atom stereocenters. The van der Waals surface area contributed by atoms with Gasteiger partial charge in [0.05, 0.1) is 0 Å². The summed E-state index contributed by atoms with van der Waals surface area (Å²) < 4.78 is 5.41. The third kappa shape index (κ3) is 2.31. The van der Waals surface area contributed by atoms with Gasteiger partial charge < -0.3 is 10.5 Å². The third-order valence-electron chi connectivity index (χ3n) is 3.96. The second-order valence-electron chi connectivity index (χ2n) is 5.21. The van der Waals surface area contributed by atoms with E-state index in [1.54, 1.807) is 0 Å². The minimum atomic E-state index is 0.774. The molecule has 1 fully saturated rings. The predicted molar refractivity (Wildman–Crippen MR) is 68.5 cm³/mol. The first kappa shape index (κ1) is 11.1. The lowest BCUT2D eigenvalue weighted by atomic mass is 10.1. The quantitative estimate of drug-likeness (QED) is 0.810. The Kier molecular flexibility index (Phi) is 3.04. The van der Waals surface area contributed by atoms with Gasteiger partial charge in [-0.15, -0.1) is 0 Å². The van der Waals surface area contributed by atoms with Crippen LogP contribution >= 0.6 is 0 Å². The van der Waals surface area contributed by atoms with Crippen molar-refractivity contribution in [1.29, 1.82) is 0 Å². The third-order valence-corrected chi connectivity index (χ3v) is 3.96. The maximum atomic E-state index is 6.01. The van der Waals surface area contributed by atoms with Crippen molar-refractivity contribution >= 4 is 5.69 Å². The fraction of sp³-hybridized carbons (Fsp3) is 0.571. The number of benzene rings is 1. The van der Waals surface area contributed by atoms with Crippen molar-refractivity contribution in [3.8, 4) is 0 Å². The topological polar surface area (TPSA) is 38.5 Å². The number of nitrogens with zero attached hydrogens (tertiary/aromatic N) is 1. The molecular formula is C14H20N2O. The van der Waals surface area contributed by atoms with E-state index in [9.17, 15) is 0 Å². The van der Waals surface area contributed by atoms with Gasteiger partial charge in [0, 0.05) is 32.0 Å². The Balaban J connectivity index is 1.56. The molecule has 1 saturated heterocycles. The molecule has 0 radical (unpaired) electrons. The van der Waals surface area contributed by atoms with Gasteiger partial charge in [0.1, 0.15) is 0 Å². The lowest BCUT2D eigenvalue weighted by molar-refractivity contribution is 0.178. The van der Waals surface area contributed by atoms with E-state index in [1.807, 2.05) is 6.07 Å². The number of rotatable bonds is 3. The van der Waals surface area contributed by atoms with Gasteiger partial charge >= 0.3 is 0 Å². The van der Waals surface area contributed by atoms with E-state index in [1.165, 1.54) is 30.5 Å².